The zero-order valence-corrected chi connectivity index (χ0v) is 15.5. The molecular formula is C18H16Br2O2. The molecule has 0 radical (unpaired) electrons. The average molecular weight is 424 g/mol. The highest BCUT2D eigenvalue weighted by atomic mass is 79.9. The van der Waals surface area contributed by atoms with E-state index < -0.39 is 0 Å². The monoisotopic (exact) mass is 422 g/mol. The number of carbonyl (C=O) groups excluding carboxylic acids is 1. The summed E-state index contributed by atoms with van der Waals surface area (Å²) in [5, 5.41) is 0. The average Bonchev–Trinajstić information content (AvgIpc) is 2.83. The molecule has 0 heterocycles. The zero-order chi connectivity index (χ0) is 15.7. The molecule has 0 unspecified atom stereocenters. The Morgan fingerprint density at radius 3 is 2.73 bits per heavy atom. The zero-order valence-electron chi connectivity index (χ0n) is 12.3. The quantitative estimate of drug-likeness (QED) is 0.533. The molecule has 22 heavy (non-hydrogen) atoms. The van der Waals surface area contributed by atoms with Crippen LogP contribution in [0.1, 0.15) is 30.0 Å². The first-order chi connectivity index (χ1) is 10.6. The Bertz CT molecular complexity index is 738. The van der Waals surface area contributed by atoms with Crippen LogP contribution in [0.5, 0.6) is 0 Å². The summed E-state index contributed by atoms with van der Waals surface area (Å²) in [6.07, 6.45) is 2.04. The number of fused-ring (bicyclic) bond motifs is 3. The Morgan fingerprint density at radius 1 is 1.18 bits per heavy atom. The van der Waals surface area contributed by atoms with Gasteiger partial charge in [0.25, 0.3) is 0 Å². The van der Waals surface area contributed by atoms with Crippen molar-refractivity contribution in [2.45, 2.75) is 26.2 Å². The molecule has 0 atom stereocenters. The van der Waals surface area contributed by atoms with Gasteiger partial charge in [-0.1, -0.05) is 44.0 Å². The maximum Gasteiger partial charge on any atom is 0.306 e. The molecule has 2 aromatic rings. The molecule has 0 saturated carbocycles. The molecule has 0 aromatic heterocycles. The molecule has 2 aromatic carbocycles. The number of ether oxygens (including phenoxy) is 1. The minimum atomic E-state index is -0.134. The van der Waals surface area contributed by atoms with Gasteiger partial charge < -0.3 is 4.74 Å². The molecule has 0 amide bonds. The third-order valence-electron chi connectivity index (χ3n) is 3.98. The number of benzene rings is 2. The van der Waals surface area contributed by atoms with E-state index in [-0.39, 0.29) is 5.97 Å². The van der Waals surface area contributed by atoms with Gasteiger partial charge in [0.05, 0.1) is 6.61 Å². The lowest BCUT2D eigenvalue weighted by Crippen LogP contribution is -2.06. The summed E-state index contributed by atoms with van der Waals surface area (Å²) in [6.45, 7) is 2.27. The van der Waals surface area contributed by atoms with Crippen LogP contribution in [0.3, 0.4) is 0 Å². The largest absolute Gasteiger partial charge is 0.466 e. The van der Waals surface area contributed by atoms with E-state index in [2.05, 4.69) is 62.2 Å². The Balaban J connectivity index is 1.92. The molecule has 114 valence electrons. The SMILES string of the molecule is CCOC(=O)CCc1c(Br)ccc2c1Cc1cc(Br)ccc1-2. The first-order valence-electron chi connectivity index (χ1n) is 7.34. The van der Waals surface area contributed by atoms with Crippen molar-refractivity contribution >= 4 is 37.8 Å². The van der Waals surface area contributed by atoms with Crippen molar-refractivity contribution in [1.29, 1.82) is 0 Å². The lowest BCUT2D eigenvalue weighted by Gasteiger charge is -2.11. The minimum Gasteiger partial charge on any atom is -0.466 e. The van der Waals surface area contributed by atoms with Crippen LogP contribution in [0.4, 0.5) is 0 Å². The van der Waals surface area contributed by atoms with Crippen LogP contribution in [0.25, 0.3) is 11.1 Å². The maximum absolute atomic E-state index is 11.6. The lowest BCUT2D eigenvalue weighted by atomic mass is 9.98. The summed E-state index contributed by atoms with van der Waals surface area (Å²) in [7, 11) is 0. The van der Waals surface area contributed by atoms with E-state index in [0.29, 0.717) is 19.4 Å². The van der Waals surface area contributed by atoms with Gasteiger partial charge in [0.1, 0.15) is 0 Å². The van der Waals surface area contributed by atoms with E-state index >= 15 is 0 Å². The second-order valence-electron chi connectivity index (χ2n) is 5.34. The van der Waals surface area contributed by atoms with E-state index in [1.807, 2.05) is 6.92 Å². The molecule has 2 nitrogen and oxygen atoms in total. The number of carbonyl (C=O) groups is 1. The van der Waals surface area contributed by atoms with Gasteiger partial charge in [-0.15, -0.1) is 0 Å². The fraction of sp³-hybridized carbons (Fsp3) is 0.278. The van der Waals surface area contributed by atoms with Gasteiger partial charge in [0.2, 0.25) is 0 Å². The third kappa shape index (κ3) is 2.99. The van der Waals surface area contributed by atoms with Gasteiger partial charge in [-0.25, -0.2) is 0 Å². The molecule has 0 bridgehead atoms. The topological polar surface area (TPSA) is 26.3 Å². The number of esters is 1. The molecule has 1 aliphatic rings. The summed E-state index contributed by atoms with van der Waals surface area (Å²) in [4.78, 5) is 11.6. The Morgan fingerprint density at radius 2 is 1.95 bits per heavy atom. The Kier molecular flexibility index (Phi) is 4.69. The highest BCUT2D eigenvalue weighted by molar-refractivity contribution is 9.10. The Hall–Kier alpha value is -1.13. The van der Waals surface area contributed by atoms with Gasteiger partial charge in [0.15, 0.2) is 0 Å². The van der Waals surface area contributed by atoms with E-state index in [1.54, 1.807) is 0 Å². The number of hydrogen-bond acceptors (Lipinski definition) is 2. The molecule has 0 aliphatic heterocycles. The van der Waals surface area contributed by atoms with Crippen molar-refractivity contribution < 1.29 is 9.53 Å². The first kappa shape index (κ1) is 15.8. The van der Waals surface area contributed by atoms with Crippen molar-refractivity contribution in [1.82, 2.24) is 0 Å². The highest BCUT2D eigenvalue weighted by Gasteiger charge is 2.23. The fourth-order valence-corrected chi connectivity index (χ4v) is 3.99. The van der Waals surface area contributed by atoms with Crippen molar-refractivity contribution in [2.75, 3.05) is 6.61 Å². The van der Waals surface area contributed by atoms with Crippen molar-refractivity contribution in [3.05, 3.63) is 56.0 Å². The summed E-state index contributed by atoms with van der Waals surface area (Å²) < 4.78 is 7.21. The summed E-state index contributed by atoms with van der Waals surface area (Å²) >= 11 is 7.18. The molecule has 0 spiro atoms. The lowest BCUT2D eigenvalue weighted by molar-refractivity contribution is -0.143. The van der Waals surface area contributed by atoms with Gasteiger partial charge in [-0.05, 0) is 65.8 Å². The predicted molar refractivity (Wildman–Crippen MR) is 95.0 cm³/mol. The molecule has 3 rings (SSSR count). The minimum absolute atomic E-state index is 0.134. The molecule has 0 N–H and O–H groups in total. The van der Waals surface area contributed by atoms with Crippen LogP contribution >= 0.6 is 31.9 Å². The Labute approximate surface area is 147 Å². The van der Waals surface area contributed by atoms with Crippen molar-refractivity contribution in [2.24, 2.45) is 0 Å². The van der Waals surface area contributed by atoms with Crippen LogP contribution < -0.4 is 0 Å². The van der Waals surface area contributed by atoms with Crippen LogP contribution in [0.15, 0.2) is 39.3 Å². The summed E-state index contributed by atoms with van der Waals surface area (Å²) in [5.74, 6) is -0.134. The van der Waals surface area contributed by atoms with Gasteiger partial charge in [-0.2, -0.15) is 0 Å². The normalized spacial score (nSPS) is 12.0. The van der Waals surface area contributed by atoms with E-state index in [1.165, 1.54) is 27.8 Å². The number of rotatable bonds is 4. The predicted octanol–water partition coefficient (Wildman–Crippen LogP) is 5.28. The van der Waals surface area contributed by atoms with Crippen LogP contribution in [-0.4, -0.2) is 12.6 Å². The molecule has 4 heteroatoms. The molecule has 0 saturated heterocycles. The molecule has 0 fully saturated rings. The van der Waals surface area contributed by atoms with Gasteiger partial charge in [0, 0.05) is 15.4 Å². The third-order valence-corrected chi connectivity index (χ3v) is 5.22. The maximum atomic E-state index is 11.6. The second kappa shape index (κ2) is 6.55. The van der Waals surface area contributed by atoms with Gasteiger partial charge >= 0.3 is 5.97 Å². The van der Waals surface area contributed by atoms with Crippen LogP contribution in [0, 0.1) is 0 Å². The number of hydrogen-bond donors (Lipinski definition) is 0. The van der Waals surface area contributed by atoms with E-state index in [0.717, 1.165) is 15.4 Å². The second-order valence-corrected chi connectivity index (χ2v) is 7.11. The van der Waals surface area contributed by atoms with Crippen molar-refractivity contribution in [3.8, 4) is 11.1 Å². The number of halogens is 2. The van der Waals surface area contributed by atoms with Crippen LogP contribution in [-0.2, 0) is 22.4 Å². The van der Waals surface area contributed by atoms with E-state index in [4.69, 9.17) is 4.74 Å². The molecular weight excluding hydrogens is 408 g/mol. The van der Waals surface area contributed by atoms with Crippen molar-refractivity contribution in [3.63, 3.8) is 0 Å². The van der Waals surface area contributed by atoms with Crippen LogP contribution in [0.2, 0.25) is 0 Å². The van der Waals surface area contributed by atoms with E-state index in [9.17, 15) is 4.79 Å². The highest BCUT2D eigenvalue weighted by Crippen LogP contribution is 2.41. The first-order valence-corrected chi connectivity index (χ1v) is 8.93. The fourth-order valence-electron chi connectivity index (χ4n) is 3.01. The van der Waals surface area contributed by atoms with Gasteiger partial charge in [-0.3, -0.25) is 4.79 Å². The summed E-state index contributed by atoms with van der Waals surface area (Å²) in [6, 6.07) is 10.7. The standard InChI is InChI=1S/C18H16Br2O2/c1-2-22-18(21)8-6-15-16-10-11-9-12(19)3-4-13(11)14(16)5-7-17(15)20/h3-5,7,9H,2,6,8,10H2,1H3. The molecule has 1 aliphatic carbocycles. The smallest absolute Gasteiger partial charge is 0.306 e. The summed E-state index contributed by atoms with van der Waals surface area (Å²) in [5.41, 5.74) is 6.46.